The number of nitrogens with one attached hydrogen (secondary N) is 1. The van der Waals surface area contributed by atoms with Crippen molar-refractivity contribution in [3.63, 3.8) is 0 Å². The van der Waals surface area contributed by atoms with E-state index in [0.29, 0.717) is 0 Å². The monoisotopic (exact) mass is 261 g/mol. The van der Waals surface area contributed by atoms with Crippen molar-refractivity contribution in [3.8, 4) is 0 Å². The fraction of sp³-hybridized carbons (Fsp3) is 0.286. The van der Waals surface area contributed by atoms with E-state index in [0.717, 1.165) is 28.5 Å². The molecule has 1 aromatic heterocycles. The van der Waals surface area contributed by atoms with Gasteiger partial charge in [0.2, 0.25) is 0 Å². The summed E-state index contributed by atoms with van der Waals surface area (Å²) in [7, 11) is 0. The second-order valence-electron chi connectivity index (χ2n) is 4.13. The summed E-state index contributed by atoms with van der Waals surface area (Å²) in [5, 5.41) is 4.13. The van der Waals surface area contributed by atoms with Gasteiger partial charge in [-0.3, -0.25) is 9.97 Å². The van der Waals surface area contributed by atoms with Gasteiger partial charge in [0.1, 0.15) is 0 Å². The van der Waals surface area contributed by atoms with Crippen molar-refractivity contribution in [1.82, 2.24) is 15.3 Å². The molecular weight excluding hydrogens is 246 g/mol. The van der Waals surface area contributed by atoms with Gasteiger partial charge in [-0.05, 0) is 31.2 Å². The van der Waals surface area contributed by atoms with Crippen LogP contribution in [0.5, 0.6) is 0 Å². The molecule has 0 radical (unpaired) electrons. The van der Waals surface area contributed by atoms with Crippen molar-refractivity contribution in [1.29, 1.82) is 0 Å². The van der Waals surface area contributed by atoms with Gasteiger partial charge in [0, 0.05) is 11.2 Å². The zero-order valence-electron chi connectivity index (χ0n) is 10.5. The van der Waals surface area contributed by atoms with Crippen LogP contribution in [0.4, 0.5) is 0 Å². The molecule has 1 heterocycles. The Hall–Kier alpha value is -1.45. The summed E-state index contributed by atoms with van der Waals surface area (Å²) in [5.41, 5.74) is 2.92. The number of benzene rings is 1. The lowest BCUT2D eigenvalue weighted by Crippen LogP contribution is -2.23. The van der Waals surface area contributed by atoms with Crippen LogP contribution < -0.4 is 5.32 Å². The highest BCUT2D eigenvalue weighted by Crippen LogP contribution is 2.22. The van der Waals surface area contributed by atoms with Crippen molar-refractivity contribution in [2.75, 3.05) is 6.54 Å². The Morgan fingerprint density at radius 2 is 2.11 bits per heavy atom. The van der Waals surface area contributed by atoms with E-state index >= 15 is 0 Å². The van der Waals surface area contributed by atoms with Crippen LogP contribution in [0.2, 0.25) is 5.02 Å². The smallest absolute Gasteiger partial charge is 0.0801 e. The first-order valence-electron chi connectivity index (χ1n) is 5.98. The van der Waals surface area contributed by atoms with Crippen molar-refractivity contribution in [2.45, 2.75) is 19.9 Å². The molecule has 4 heteroatoms. The number of hydrogen-bond donors (Lipinski definition) is 1. The minimum absolute atomic E-state index is 0.0294. The lowest BCUT2D eigenvalue weighted by atomic mass is 10.0. The Morgan fingerprint density at radius 1 is 1.28 bits per heavy atom. The predicted molar refractivity (Wildman–Crippen MR) is 73.7 cm³/mol. The van der Waals surface area contributed by atoms with E-state index in [1.807, 2.05) is 37.4 Å². The summed E-state index contributed by atoms with van der Waals surface area (Å²) in [6, 6.07) is 7.84. The first kappa shape index (κ1) is 13.0. The molecule has 2 rings (SSSR count). The molecule has 1 unspecified atom stereocenters. The molecule has 0 saturated heterocycles. The summed E-state index contributed by atoms with van der Waals surface area (Å²) in [6.45, 7) is 4.85. The number of rotatable bonds is 4. The zero-order valence-corrected chi connectivity index (χ0v) is 11.3. The second-order valence-corrected chi connectivity index (χ2v) is 4.56. The molecule has 1 atom stereocenters. The average molecular weight is 262 g/mol. The highest BCUT2D eigenvalue weighted by molar-refractivity contribution is 6.30. The van der Waals surface area contributed by atoms with Crippen LogP contribution >= 0.6 is 11.6 Å². The van der Waals surface area contributed by atoms with Gasteiger partial charge in [-0.25, -0.2) is 0 Å². The standard InChI is InChI=1S/C14H16ClN3/c1-3-16-14(11-5-4-6-12(15)7-11)13-9-17-10(2)8-18-13/h4-9,14,16H,3H2,1-2H3. The van der Waals surface area contributed by atoms with Crippen LogP contribution in [0.25, 0.3) is 0 Å². The molecule has 0 fully saturated rings. The third kappa shape index (κ3) is 3.06. The highest BCUT2D eigenvalue weighted by Gasteiger charge is 2.14. The summed E-state index contributed by atoms with van der Waals surface area (Å²) < 4.78 is 0. The molecule has 18 heavy (non-hydrogen) atoms. The van der Waals surface area contributed by atoms with Crippen molar-refractivity contribution in [3.05, 3.63) is 58.6 Å². The summed E-state index contributed by atoms with van der Waals surface area (Å²) in [4.78, 5) is 8.73. The first-order valence-corrected chi connectivity index (χ1v) is 6.36. The number of hydrogen-bond acceptors (Lipinski definition) is 3. The second kappa shape index (κ2) is 5.94. The number of aryl methyl sites for hydroxylation is 1. The lowest BCUT2D eigenvalue weighted by molar-refractivity contribution is 0.612. The normalized spacial score (nSPS) is 12.4. The quantitative estimate of drug-likeness (QED) is 0.919. The van der Waals surface area contributed by atoms with Crippen LogP contribution in [0.1, 0.15) is 29.9 Å². The minimum atomic E-state index is 0.0294. The molecule has 0 aliphatic carbocycles. The van der Waals surface area contributed by atoms with Crippen molar-refractivity contribution in [2.24, 2.45) is 0 Å². The van der Waals surface area contributed by atoms with E-state index in [4.69, 9.17) is 11.6 Å². The van der Waals surface area contributed by atoms with Crippen LogP contribution in [-0.2, 0) is 0 Å². The Kier molecular flexibility index (Phi) is 4.28. The van der Waals surface area contributed by atoms with Gasteiger partial charge in [-0.2, -0.15) is 0 Å². The zero-order chi connectivity index (χ0) is 13.0. The Bertz CT molecular complexity index is 511. The van der Waals surface area contributed by atoms with E-state index in [-0.39, 0.29) is 6.04 Å². The van der Waals surface area contributed by atoms with E-state index in [1.54, 1.807) is 6.20 Å². The fourth-order valence-corrected chi connectivity index (χ4v) is 2.03. The lowest BCUT2D eigenvalue weighted by Gasteiger charge is -2.17. The first-order chi connectivity index (χ1) is 8.70. The van der Waals surface area contributed by atoms with Crippen LogP contribution in [-0.4, -0.2) is 16.5 Å². The Morgan fingerprint density at radius 3 is 2.72 bits per heavy atom. The molecule has 0 bridgehead atoms. The molecule has 94 valence electrons. The van der Waals surface area contributed by atoms with Gasteiger partial charge >= 0.3 is 0 Å². The Balaban J connectivity index is 2.36. The van der Waals surface area contributed by atoms with Crippen LogP contribution in [0.15, 0.2) is 36.7 Å². The maximum atomic E-state index is 6.04. The number of nitrogens with zero attached hydrogens (tertiary/aromatic N) is 2. The molecule has 0 saturated carbocycles. The van der Waals surface area contributed by atoms with Crippen LogP contribution in [0.3, 0.4) is 0 Å². The van der Waals surface area contributed by atoms with Crippen molar-refractivity contribution >= 4 is 11.6 Å². The van der Waals surface area contributed by atoms with Gasteiger partial charge in [0.05, 0.1) is 23.6 Å². The maximum absolute atomic E-state index is 6.04. The van der Waals surface area contributed by atoms with E-state index in [2.05, 4.69) is 22.2 Å². The molecule has 2 aromatic rings. The van der Waals surface area contributed by atoms with E-state index in [9.17, 15) is 0 Å². The molecule has 0 amide bonds. The summed E-state index contributed by atoms with van der Waals surface area (Å²) >= 11 is 6.04. The van der Waals surface area contributed by atoms with Crippen LogP contribution in [0, 0.1) is 6.92 Å². The molecule has 0 spiro atoms. The largest absolute Gasteiger partial charge is 0.305 e. The fourth-order valence-electron chi connectivity index (χ4n) is 1.84. The van der Waals surface area contributed by atoms with Gasteiger partial charge in [0.15, 0.2) is 0 Å². The molecule has 0 aliphatic heterocycles. The summed E-state index contributed by atoms with van der Waals surface area (Å²) in [5.74, 6) is 0. The maximum Gasteiger partial charge on any atom is 0.0801 e. The topological polar surface area (TPSA) is 37.8 Å². The SMILES string of the molecule is CCNC(c1cccc(Cl)c1)c1cnc(C)cn1. The molecule has 3 nitrogen and oxygen atoms in total. The van der Waals surface area contributed by atoms with Gasteiger partial charge in [0.25, 0.3) is 0 Å². The third-order valence-electron chi connectivity index (χ3n) is 2.69. The van der Waals surface area contributed by atoms with Gasteiger partial charge in [-0.15, -0.1) is 0 Å². The number of aromatic nitrogens is 2. The van der Waals surface area contributed by atoms with Crippen molar-refractivity contribution < 1.29 is 0 Å². The van der Waals surface area contributed by atoms with Gasteiger partial charge in [-0.1, -0.05) is 30.7 Å². The summed E-state index contributed by atoms with van der Waals surface area (Å²) in [6.07, 6.45) is 3.59. The van der Waals surface area contributed by atoms with Gasteiger partial charge < -0.3 is 5.32 Å². The molecule has 0 aliphatic rings. The average Bonchev–Trinajstić information content (AvgIpc) is 2.37. The highest BCUT2D eigenvalue weighted by atomic mass is 35.5. The Labute approximate surface area is 112 Å². The minimum Gasteiger partial charge on any atom is -0.305 e. The third-order valence-corrected chi connectivity index (χ3v) is 2.92. The molecule has 1 aromatic carbocycles. The molecular formula is C14H16ClN3. The predicted octanol–water partition coefficient (Wildman–Crippen LogP) is 3.14. The van der Waals surface area contributed by atoms with E-state index < -0.39 is 0 Å². The van der Waals surface area contributed by atoms with E-state index in [1.165, 1.54) is 0 Å². The number of halogens is 1. The molecule has 1 N–H and O–H groups in total.